The van der Waals surface area contributed by atoms with Crippen LogP contribution in [-0.4, -0.2) is 42.7 Å². The van der Waals surface area contributed by atoms with Gasteiger partial charge < -0.3 is 14.7 Å². The van der Waals surface area contributed by atoms with Gasteiger partial charge in [0.1, 0.15) is 0 Å². The van der Waals surface area contributed by atoms with Gasteiger partial charge in [0.25, 0.3) is 5.91 Å². The number of amides is 1. The minimum absolute atomic E-state index is 0.0872. The summed E-state index contributed by atoms with van der Waals surface area (Å²) < 4.78 is 5.39. The van der Waals surface area contributed by atoms with Gasteiger partial charge in [-0.3, -0.25) is 4.79 Å². The third-order valence-corrected chi connectivity index (χ3v) is 3.68. The zero-order valence-electron chi connectivity index (χ0n) is 13.8. The van der Waals surface area contributed by atoms with E-state index >= 15 is 0 Å². The van der Waals surface area contributed by atoms with Crippen LogP contribution in [0.3, 0.4) is 0 Å². The van der Waals surface area contributed by atoms with Gasteiger partial charge in [-0.25, -0.2) is 0 Å². The summed E-state index contributed by atoms with van der Waals surface area (Å²) >= 11 is 0. The van der Waals surface area contributed by atoms with Crippen LogP contribution in [0.4, 0.5) is 0 Å². The molecule has 1 amide bonds. The highest BCUT2D eigenvalue weighted by atomic mass is 16.5. The van der Waals surface area contributed by atoms with Crippen LogP contribution in [-0.2, 0) is 9.53 Å². The molecule has 2 rings (SSSR count). The van der Waals surface area contributed by atoms with E-state index in [9.17, 15) is 9.90 Å². The lowest BCUT2D eigenvalue weighted by atomic mass is 10.1. The van der Waals surface area contributed by atoms with Crippen LogP contribution in [0.2, 0.25) is 0 Å². The molecule has 24 heavy (non-hydrogen) atoms. The van der Waals surface area contributed by atoms with Crippen molar-refractivity contribution in [1.82, 2.24) is 4.90 Å². The number of methoxy groups -OCH3 is 1. The molecule has 4 nitrogen and oxygen atoms in total. The minimum Gasteiger partial charge on any atom is -0.395 e. The second kappa shape index (κ2) is 9.65. The lowest BCUT2D eigenvalue weighted by molar-refractivity contribution is -0.142. The van der Waals surface area contributed by atoms with Gasteiger partial charge in [0.2, 0.25) is 0 Å². The summed E-state index contributed by atoms with van der Waals surface area (Å²) in [7, 11) is 1.52. The first-order valence-electron chi connectivity index (χ1n) is 7.95. The third-order valence-electron chi connectivity index (χ3n) is 3.68. The second-order valence-electron chi connectivity index (χ2n) is 5.35. The Morgan fingerprint density at radius 3 is 2.33 bits per heavy atom. The first-order valence-corrected chi connectivity index (χ1v) is 7.95. The number of aliphatic hydroxyl groups excluding tert-OH is 1. The summed E-state index contributed by atoms with van der Waals surface area (Å²) in [6.07, 6.45) is 3.21. The molecule has 2 aromatic carbocycles. The van der Waals surface area contributed by atoms with E-state index in [1.54, 1.807) is 4.90 Å². The Hall–Kier alpha value is -2.43. The van der Waals surface area contributed by atoms with Crippen molar-refractivity contribution in [1.29, 1.82) is 0 Å². The summed E-state index contributed by atoms with van der Waals surface area (Å²) in [5.41, 5.74) is 1.88. The third kappa shape index (κ3) is 5.05. The van der Waals surface area contributed by atoms with E-state index in [4.69, 9.17) is 4.74 Å². The SMILES string of the molecule is CO[C@H](C(=O)N(CC=Cc1ccccc1)CCO)c1ccccc1. The van der Waals surface area contributed by atoms with E-state index in [1.165, 1.54) is 7.11 Å². The number of aliphatic hydroxyl groups is 1. The van der Waals surface area contributed by atoms with Crippen LogP contribution >= 0.6 is 0 Å². The first-order chi connectivity index (χ1) is 11.8. The molecule has 0 aliphatic carbocycles. The lowest BCUT2D eigenvalue weighted by Crippen LogP contribution is -2.38. The molecule has 0 spiro atoms. The van der Waals surface area contributed by atoms with Gasteiger partial charge in [-0.2, -0.15) is 0 Å². The summed E-state index contributed by atoms with van der Waals surface area (Å²) in [4.78, 5) is 14.4. The number of carbonyl (C=O) groups excluding carboxylic acids is 1. The largest absolute Gasteiger partial charge is 0.395 e. The molecule has 0 aromatic heterocycles. The van der Waals surface area contributed by atoms with Crippen LogP contribution in [0.15, 0.2) is 66.7 Å². The first kappa shape index (κ1) is 17.9. The number of rotatable bonds is 8. The fourth-order valence-electron chi connectivity index (χ4n) is 2.47. The molecule has 1 atom stereocenters. The quantitative estimate of drug-likeness (QED) is 0.812. The fourth-order valence-corrected chi connectivity index (χ4v) is 2.47. The predicted octanol–water partition coefficient (Wildman–Crippen LogP) is 2.91. The Morgan fingerprint density at radius 2 is 1.75 bits per heavy atom. The van der Waals surface area contributed by atoms with E-state index in [1.807, 2.05) is 72.8 Å². The molecule has 0 heterocycles. The lowest BCUT2D eigenvalue weighted by Gasteiger charge is -2.25. The molecule has 1 N–H and O–H groups in total. The molecule has 0 saturated carbocycles. The molecule has 0 saturated heterocycles. The van der Waals surface area contributed by atoms with Gasteiger partial charge >= 0.3 is 0 Å². The Bertz CT molecular complexity index is 640. The monoisotopic (exact) mass is 325 g/mol. The van der Waals surface area contributed by atoms with E-state index in [0.717, 1.165) is 11.1 Å². The standard InChI is InChI=1S/C20H23NO3/c1-24-19(18-12-6-3-7-13-18)20(23)21(15-16-22)14-8-11-17-9-4-2-5-10-17/h2-13,19,22H,14-16H2,1H3/t19-/m0/s1. The number of ether oxygens (including phenoxy) is 1. The van der Waals surface area contributed by atoms with Crippen molar-refractivity contribution >= 4 is 12.0 Å². The summed E-state index contributed by atoms with van der Waals surface area (Å²) in [5, 5.41) is 9.27. The van der Waals surface area contributed by atoms with Crippen molar-refractivity contribution in [3.8, 4) is 0 Å². The Labute approximate surface area is 143 Å². The number of carbonyl (C=O) groups is 1. The normalized spacial score (nSPS) is 12.2. The summed E-state index contributed by atoms with van der Waals surface area (Å²) in [5.74, 6) is -0.157. The van der Waals surface area contributed by atoms with Crippen LogP contribution in [0.1, 0.15) is 17.2 Å². The van der Waals surface area contributed by atoms with E-state index in [-0.39, 0.29) is 19.1 Å². The molecular formula is C20H23NO3. The molecule has 2 aromatic rings. The van der Waals surface area contributed by atoms with Crippen molar-refractivity contribution in [2.45, 2.75) is 6.10 Å². The van der Waals surface area contributed by atoms with Crippen molar-refractivity contribution in [3.63, 3.8) is 0 Å². The van der Waals surface area contributed by atoms with Crippen molar-refractivity contribution < 1.29 is 14.6 Å². The highest BCUT2D eigenvalue weighted by Gasteiger charge is 2.24. The molecule has 126 valence electrons. The predicted molar refractivity (Wildman–Crippen MR) is 95.3 cm³/mol. The van der Waals surface area contributed by atoms with Crippen molar-refractivity contribution in [2.75, 3.05) is 26.8 Å². The topological polar surface area (TPSA) is 49.8 Å². The molecule has 0 bridgehead atoms. The van der Waals surface area contributed by atoms with Gasteiger partial charge in [-0.1, -0.05) is 72.8 Å². The van der Waals surface area contributed by atoms with Gasteiger partial charge in [0.05, 0.1) is 6.61 Å². The Kier molecular flexibility index (Phi) is 7.21. The number of hydrogen-bond donors (Lipinski definition) is 1. The maximum absolute atomic E-state index is 12.8. The highest BCUT2D eigenvalue weighted by molar-refractivity contribution is 5.82. The summed E-state index contributed by atoms with van der Waals surface area (Å²) in [6, 6.07) is 19.3. The maximum atomic E-state index is 12.8. The van der Waals surface area contributed by atoms with Crippen molar-refractivity contribution in [3.05, 3.63) is 77.9 Å². The number of nitrogens with zero attached hydrogens (tertiary/aromatic N) is 1. The second-order valence-corrected chi connectivity index (χ2v) is 5.35. The van der Waals surface area contributed by atoms with E-state index in [0.29, 0.717) is 6.54 Å². The van der Waals surface area contributed by atoms with E-state index < -0.39 is 6.10 Å². The molecule has 0 unspecified atom stereocenters. The van der Waals surface area contributed by atoms with Crippen LogP contribution < -0.4 is 0 Å². The molecule has 0 aliphatic rings. The van der Waals surface area contributed by atoms with Gasteiger partial charge in [-0.15, -0.1) is 0 Å². The van der Waals surface area contributed by atoms with Crippen LogP contribution in [0, 0.1) is 0 Å². The summed E-state index contributed by atoms with van der Waals surface area (Å²) in [6.45, 7) is 0.599. The van der Waals surface area contributed by atoms with Gasteiger partial charge in [0, 0.05) is 20.2 Å². The molecular weight excluding hydrogens is 302 g/mol. The zero-order chi connectivity index (χ0) is 17.2. The van der Waals surface area contributed by atoms with Gasteiger partial charge in [0.15, 0.2) is 6.10 Å². The van der Waals surface area contributed by atoms with Gasteiger partial charge in [-0.05, 0) is 11.1 Å². The highest BCUT2D eigenvalue weighted by Crippen LogP contribution is 2.19. The fraction of sp³-hybridized carbons (Fsp3) is 0.250. The molecule has 0 fully saturated rings. The minimum atomic E-state index is -0.664. The van der Waals surface area contributed by atoms with Crippen LogP contribution in [0.25, 0.3) is 6.08 Å². The zero-order valence-corrected chi connectivity index (χ0v) is 13.8. The molecule has 4 heteroatoms. The maximum Gasteiger partial charge on any atom is 0.256 e. The Morgan fingerprint density at radius 1 is 1.12 bits per heavy atom. The van der Waals surface area contributed by atoms with Crippen molar-refractivity contribution in [2.24, 2.45) is 0 Å². The molecule has 0 aliphatic heterocycles. The van der Waals surface area contributed by atoms with Crippen LogP contribution in [0.5, 0.6) is 0 Å². The Balaban J connectivity index is 2.07. The number of hydrogen-bond acceptors (Lipinski definition) is 3. The average Bonchev–Trinajstić information content (AvgIpc) is 2.63. The number of benzene rings is 2. The smallest absolute Gasteiger partial charge is 0.256 e. The molecule has 0 radical (unpaired) electrons. The average molecular weight is 325 g/mol. The van der Waals surface area contributed by atoms with E-state index in [2.05, 4.69) is 0 Å².